The second-order valence-electron chi connectivity index (χ2n) is 7.09. The lowest BCUT2D eigenvalue weighted by molar-refractivity contribution is 0.0697. The van der Waals surface area contributed by atoms with Crippen LogP contribution in [0.4, 0.5) is 0 Å². The number of aromatic nitrogens is 2. The molecule has 0 spiro atoms. The van der Waals surface area contributed by atoms with Gasteiger partial charge < -0.3 is 5.11 Å². The Morgan fingerprint density at radius 3 is 2.64 bits per heavy atom. The van der Waals surface area contributed by atoms with Gasteiger partial charge in [0.1, 0.15) is 5.82 Å². The molecule has 1 aliphatic rings. The summed E-state index contributed by atoms with van der Waals surface area (Å²) in [5.41, 5.74) is 1.95. The van der Waals surface area contributed by atoms with E-state index in [1.54, 1.807) is 30.3 Å². The molecule has 1 aromatic heterocycles. The van der Waals surface area contributed by atoms with E-state index in [0.29, 0.717) is 35.9 Å². The molecule has 9 heteroatoms. The minimum absolute atomic E-state index is 0.140. The number of carboxylic acid groups (broad SMARTS) is 1. The smallest absolute Gasteiger partial charge is 0.336 e. The lowest BCUT2D eigenvalue weighted by Crippen LogP contribution is -2.45. The summed E-state index contributed by atoms with van der Waals surface area (Å²) in [5.74, 6) is -0.609. The Hall–Kier alpha value is -2.36. The van der Waals surface area contributed by atoms with Crippen molar-refractivity contribution < 1.29 is 18.3 Å². The molecule has 0 unspecified atom stereocenters. The second kappa shape index (κ2) is 7.94. The monoisotopic (exact) mass is 404 g/mol. The molecule has 0 amide bonds. The van der Waals surface area contributed by atoms with Crippen LogP contribution < -0.4 is 0 Å². The highest BCUT2D eigenvalue weighted by molar-refractivity contribution is 7.86. The number of rotatable bonds is 5. The lowest BCUT2D eigenvalue weighted by atomic mass is 9.97. The first-order valence-corrected chi connectivity index (χ1v) is 10.5. The molecule has 2 aromatic rings. The average molecular weight is 404 g/mol. The highest BCUT2D eigenvalue weighted by atomic mass is 32.2. The molecule has 1 fully saturated rings. The Kier molecular flexibility index (Phi) is 5.78. The van der Waals surface area contributed by atoms with Gasteiger partial charge in [0.2, 0.25) is 0 Å². The van der Waals surface area contributed by atoms with E-state index in [-0.39, 0.29) is 11.5 Å². The van der Waals surface area contributed by atoms with E-state index >= 15 is 0 Å². The van der Waals surface area contributed by atoms with Crippen molar-refractivity contribution in [1.82, 2.24) is 18.6 Å². The van der Waals surface area contributed by atoms with Gasteiger partial charge in [0.05, 0.1) is 11.3 Å². The molecule has 3 rings (SSSR count). The molecule has 1 aromatic carbocycles. The van der Waals surface area contributed by atoms with E-state index in [4.69, 9.17) is 0 Å². The number of hydrogen-bond donors (Lipinski definition) is 1. The van der Waals surface area contributed by atoms with E-state index in [0.717, 1.165) is 12.8 Å². The highest BCUT2D eigenvalue weighted by Gasteiger charge is 2.32. The topological polar surface area (TPSA) is 104 Å². The second-order valence-corrected chi connectivity index (χ2v) is 9.23. The van der Waals surface area contributed by atoms with Gasteiger partial charge in [-0.2, -0.15) is 17.0 Å². The zero-order valence-electron chi connectivity index (χ0n) is 16.2. The van der Waals surface area contributed by atoms with Crippen LogP contribution >= 0.6 is 0 Å². The zero-order chi connectivity index (χ0) is 20.5. The van der Waals surface area contributed by atoms with Crippen LogP contribution in [0.1, 0.15) is 40.6 Å². The maximum absolute atomic E-state index is 12.5. The van der Waals surface area contributed by atoms with E-state index < -0.39 is 16.2 Å². The standard InChI is InChI=1S/C19H24N4O4S/c1-13-11-17(15-8-4-5-9-16(15)19(24)25)21-18(20-13)14-7-6-10-23(12-14)28(26,27)22(2)3/h4-5,8-9,11,14H,6-7,10,12H2,1-3H3,(H,24,25)/t14-/m0/s1. The van der Waals surface area contributed by atoms with Crippen LogP contribution in [0.15, 0.2) is 30.3 Å². The van der Waals surface area contributed by atoms with Crippen molar-refractivity contribution in [3.05, 3.63) is 47.4 Å². The van der Waals surface area contributed by atoms with Crippen molar-refractivity contribution in [1.29, 1.82) is 0 Å². The van der Waals surface area contributed by atoms with Gasteiger partial charge in [-0.3, -0.25) is 0 Å². The van der Waals surface area contributed by atoms with Crippen molar-refractivity contribution in [3.63, 3.8) is 0 Å². The molecular weight excluding hydrogens is 380 g/mol. The van der Waals surface area contributed by atoms with E-state index in [1.165, 1.54) is 22.7 Å². The highest BCUT2D eigenvalue weighted by Crippen LogP contribution is 2.29. The van der Waals surface area contributed by atoms with Gasteiger partial charge in [0.15, 0.2) is 0 Å². The van der Waals surface area contributed by atoms with Crippen molar-refractivity contribution in [2.75, 3.05) is 27.2 Å². The summed E-state index contributed by atoms with van der Waals surface area (Å²) in [6.07, 6.45) is 1.50. The van der Waals surface area contributed by atoms with Crippen LogP contribution in [0.5, 0.6) is 0 Å². The van der Waals surface area contributed by atoms with Gasteiger partial charge in [-0.1, -0.05) is 18.2 Å². The third kappa shape index (κ3) is 4.06. The average Bonchev–Trinajstić information content (AvgIpc) is 2.67. The van der Waals surface area contributed by atoms with Crippen molar-refractivity contribution >= 4 is 16.2 Å². The minimum atomic E-state index is -3.50. The molecule has 8 nitrogen and oxygen atoms in total. The van der Waals surface area contributed by atoms with E-state index in [2.05, 4.69) is 9.97 Å². The fourth-order valence-electron chi connectivity index (χ4n) is 3.40. The van der Waals surface area contributed by atoms with Crippen LogP contribution in [0.25, 0.3) is 11.3 Å². The zero-order valence-corrected chi connectivity index (χ0v) is 17.0. The molecule has 1 aliphatic heterocycles. The van der Waals surface area contributed by atoms with Crippen LogP contribution in [-0.4, -0.2) is 65.3 Å². The number of benzene rings is 1. The molecule has 28 heavy (non-hydrogen) atoms. The molecule has 0 saturated carbocycles. The summed E-state index contributed by atoms with van der Waals surface area (Å²) in [4.78, 5) is 20.7. The Balaban J connectivity index is 1.98. The fourth-order valence-corrected chi connectivity index (χ4v) is 4.59. The van der Waals surface area contributed by atoms with E-state index in [1.807, 2.05) is 6.92 Å². The molecule has 1 N–H and O–H groups in total. The normalized spacial score (nSPS) is 18.4. The third-order valence-electron chi connectivity index (χ3n) is 4.84. The Labute approximate surface area is 165 Å². The summed E-state index contributed by atoms with van der Waals surface area (Å²) < 4.78 is 27.6. The maximum Gasteiger partial charge on any atom is 0.336 e. The van der Waals surface area contributed by atoms with Gasteiger partial charge in [-0.25, -0.2) is 14.8 Å². The summed E-state index contributed by atoms with van der Waals surface area (Å²) in [6, 6.07) is 8.46. The first kappa shape index (κ1) is 20.4. The lowest BCUT2D eigenvalue weighted by Gasteiger charge is -2.33. The third-order valence-corrected chi connectivity index (χ3v) is 6.75. The van der Waals surface area contributed by atoms with Crippen LogP contribution in [-0.2, 0) is 10.2 Å². The summed E-state index contributed by atoms with van der Waals surface area (Å²) >= 11 is 0. The van der Waals surface area contributed by atoms with Crippen molar-refractivity contribution in [2.24, 2.45) is 0 Å². The van der Waals surface area contributed by atoms with E-state index in [9.17, 15) is 18.3 Å². The summed E-state index contributed by atoms with van der Waals surface area (Å²) in [7, 11) is -0.464. The predicted molar refractivity (Wildman–Crippen MR) is 105 cm³/mol. The molecule has 2 heterocycles. The Morgan fingerprint density at radius 2 is 1.96 bits per heavy atom. The van der Waals surface area contributed by atoms with Crippen LogP contribution in [0.3, 0.4) is 0 Å². The SMILES string of the molecule is Cc1cc(-c2ccccc2C(=O)O)nc([C@H]2CCCN(S(=O)(=O)N(C)C)C2)n1. The fraction of sp³-hybridized carbons (Fsp3) is 0.421. The largest absolute Gasteiger partial charge is 0.478 e. The van der Waals surface area contributed by atoms with Gasteiger partial charge >= 0.3 is 5.97 Å². The molecule has 150 valence electrons. The molecule has 0 radical (unpaired) electrons. The number of carboxylic acids is 1. The van der Waals surface area contributed by atoms with Crippen LogP contribution in [0, 0.1) is 6.92 Å². The Bertz CT molecular complexity index is 991. The predicted octanol–water partition coefficient (Wildman–Crippen LogP) is 2.14. The van der Waals surface area contributed by atoms with Gasteiger partial charge in [0, 0.05) is 44.4 Å². The number of aromatic carboxylic acids is 1. The first-order valence-electron chi connectivity index (χ1n) is 9.06. The Morgan fingerprint density at radius 1 is 1.25 bits per heavy atom. The van der Waals surface area contributed by atoms with Crippen molar-refractivity contribution in [3.8, 4) is 11.3 Å². The molecule has 0 aliphatic carbocycles. The number of carbonyl (C=O) groups is 1. The van der Waals surface area contributed by atoms with Crippen LogP contribution in [0.2, 0.25) is 0 Å². The number of piperidine rings is 1. The molecule has 1 atom stereocenters. The number of hydrogen-bond acceptors (Lipinski definition) is 5. The minimum Gasteiger partial charge on any atom is -0.478 e. The molecular formula is C19H24N4O4S. The number of aryl methyl sites for hydroxylation is 1. The van der Waals surface area contributed by atoms with Crippen molar-refractivity contribution in [2.45, 2.75) is 25.7 Å². The maximum atomic E-state index is 12.5. The molecule has 0 bridgehead atoms. The van der Waals surface area contributed by atoms with Gasteiger partial charge in [-0.05, 0) is 31.9 Å². The first-order chi connectivity index (χ1) is 13.2. The quantitative estimate of drug-likeness (QED) is 0.819. The van der Waals surface area contributed by atoms with Gasteiger partial charge in [-0.15, -0.1) is 0 Å². The summed E-state index contributed by atoms with van der Waals surface area (Å²) in [6.45, 7) is 2.61. The van der Waals surface area contributed by atoms with Gasteiger partial charge in [0.25, 0.3) is 10.2 Å². The summed E-state index contributed by atoms with van der Waals surface area (Å²) in [5, 5.41) is 9.47. The molecule has 1 saturated heterocycles. The number of nitrogens with zero attached hydrogens (tertiary/aromatic N) is 4.